The van der Waals surface area contributed by atoms with Gasteiger partial charge >= 0.3 is 5.97 Å². The lowest BCUT2D eigenvalue weighted by Gasteiger charge is -2.16. The highest BCUT2D eigenvalue weighted by molar-refractivity contribution is 5.93. The normalized spacial score (nSPS) is 11.7. The lowest BCUT2D eigenvalue weighted by Crippen LogP contribution is -2.14. The smallest absolute Gasteiger partial charge is 0.304 e. The molecule has 2 heterocycles. The number of hydrogen-bond acceptors (Lipinski definition) is 6. The Morgan fingerprint density at radius 3 is 2.56 bits per heavy atom. The van der Waals surface area contributed by atoms with Gasteiger partial charge in [-0.25, -0.2) is 4.39 Å². The number of aryl methyl sites for hydroxylation is 1. The van der Waals surface area contributed by atoms with Crippen LogP contribution in [0.3, 0.4) is 0 Å². The molecule has 0 aliphatic carbocycles. The van der Waals surface area contributed by atoms with E-state index in [2.05, 4.69) is 20.6 Å². The molecule has 0 saturated carbocycles. The van der Waals surface area contributed by atoms with Crippen molar-refractivity contribution in [1.82, 2.24) is 9.97 Å². The fourth-order valence-corrected chi connectivity index (χ4v) is 4.39. The molecule has 0 bridgehead atoms. The SMILES string of the molecule is Cc1cc(F)ccc1Nc1nc2ccc(CC(=O)Nc3ccc(C(CC(=O)O)c4cccnc4)cc3)cc2o1. The number of carbonyl (C=O) groups excluding carboxylic acids is 1. The summed E-state index contributed by atoms with van der Waals surface area (Å²) in [5.74, 6) is -1.78. The number of carboxylic acids is 1. The molecule has 5 rings (SSSR count). The second kappa shape index (κ2) is 11.1. The van der Waals surface area contributed by atoms with E-state index in [1.165, 1.54) is 12.1 Å². The van der Waals surface area contributed by atoms with Gasteiger partial charge in [0.15, 0.2) is 5.58 Å². The predicted octanol–water partition coefficient (Wildman–Crippen LogP) is 6.20. The first kappa shape index (κ1) is 25.6. The summed E-state index contributed by atoms with van der Waals surface area (Å²) < 4.78 is 19.2. The third kappa shape index (κ3) is 6.27. The molecular weight excluding hydrogens is 499 g/mol. The van der Waals surface area contributed by atoms with E-state index in [1.807, 2.05) is 24.3 Å². The number of oxazole rings is 1. The number of hydrogen-bond donors (Lipinski definition) is 3. The van der Waals surface area contributed by atoms with Crippen molar-refractivity contribution in [1.29, 1.82) is 0 Å². The molecular formula is C30H25FN4O4. The Morgan fingerprint density at radius 2 is 1.85 bits per heavy atom. The van der Waals surface area contributed by atoms with E-state index in [0.717, 1.165) is 22.3 Å². The summed E-state index contributed by atoms with van der Waals surface area (Å²) in [5, 5.41) is 15.3. The number of nitrogens with one attached hydrogen (secondary N) is 2. The Bertz CT molecular complexity index is 1630. The molecule has 5 aromatic rings. The van der Waals surface area contributed by atoms with Crippen molar-refractivity contribution in [2.24, 2.45) is 0 Å². The van der Waals surface area contributed by atoms with Crippen LogP contribution in [0.15, 0.2) is 89.6 Å². The van der Waals surface area contributed by atoms with Crippen molar-refractivity contribution in [3.8, 4) is 0 Å². The van der Waals surface area contributed by atoms with Crippen molar-refractivity contribution in [2.75, 3.05) is 10.6 Å². The zero-order valence-electron chi connectivity index (χ0n) is 21.0. The van der Waals surface area contributed by atoms with Gasteiger partial charge in [-0.1, -0.05) is 24.3 Å². The molecule has 0 aliphatic rings. The van der Waals surface area contributed by atoms with Crippen LogP contribution in [-0.2, 0) is 16.0 Å². The van der Waals surface area contributed by atoms with Crippen LogP contribution in [0, 0.1) is 12.7 Å². The number of carboxylic acid groups (broad SMARTS) is 1. The van der Waals surface area contributed by atoms with E-state index in [-0.39, 0.29) is 36.5 Å². The van der Waals surface area contributed by atoms with Crippen LogP contribution in [0.4, 0.5) is 21.8 Å². The van der Waals surface area contributed by atoms with Crippen LogP contribution in [-0.4, -0.2) is 27.0 Å². The summed E-state index contributed by atoms with van der Waals surface area (Å²) in [5.41, 5.74) is 5.53. The van der Waals surface area contributed by atoms with E-state index < -0.39 is 5.97 Å². The summed E-state index contributed by atoms with van der Waals surface area (Å²) >= 11 is 0. The number of rotatable bonds is 9. The van der Waals surface area contributed by atoms with Gasteiger partial charge in [0.2, 0.25) is 5.91 Å². The minimum atomic E-state index is -0.904. The molecule has 39 heavy (non-hydrogen) atoms. The van der Waals surface area contributed by atoms with Crippen LogP contribution >= 0.6 is 0 Å². The molecule has 196 valence electrons. The summed E-state index contributed by atoms with van der Waals surface area (Å²) in [6, 6.07) is 20.8. The second-order valence-corrected chi connectivity index (χ2v) is 9.19. The summed E-state index contributed by atoms with van der Waals surface area (Å²) in [7, 11) is 0. The summed E-state index contributed by atoms with van der Waals surface area (Å²) in [6.07, 6.45) is 3.36. The lowest BCUT2D eigenvalue weighted by molar-refractivity contribution is -0.137. The summed E-state index contributed by atoms with van der Waals surface area (Å²) in [6.45, 7) is 1.79. The van der Waals surface area contributed by atoms with E-state index in [1.54, 1.807) is 55.7 Å². The van der Waals surface area contributed by atoms with Crippen LogP contribution in [0.25, 0.3) is 11.1 Å². The molecule has 0 radical (unpaired) electrons. The van der Waals surface area contributed by atoms with Crippen molar-refractivity contribution in [3.63, 3.8) is 0 Å². The van der Waals surface area contributed by atoms with Crippen LogP contribution in [0.5, 0.6) is 0 Å². The van der Waals surface area contributed by atoms with E-state index >= 15 is 0 Å². The topological polar surface area (TPSA) is 117 Å². The Morgan fingerprint density at radius 1 is 1.03 bits per heavy atom. The fraction of sp³-hybridized carbons (Fsp3) is 0.133. The monoisotopic (exact) mass is 524 g/mol. The highest BCUT2D eigenvalue weighted by Crippen LogP contribution is 2.29. The first-order chi connectivity index (χ1) is 18.8. The molecule has 3 N–H and O–H groups in total. The first-order valence-electron chi connectivity index (χ1n) is 12.3. The maximum atomic E-state index is 13.4. The number of pyridine rings is 1. The van der Waals surface area contributed by atoms with Crippen molar-refractivity contribution in [2.45, 2.75) is 25.7 Å². The minimum Gasteiger partial charge on any atom is -0.481 e. The number of amides is 1. The standard InChI is InChI=1S/C30H25FN4O4/c1-18-13-22(31)7-11-25(18)34-30-35-26-10-4-19(14-27(26)39-30)15-28(36)33-23-8-5-20(6-9-23)24(16-29(37)38)21-3-2-12-32-17-21/h2-14,17,24H,15-16H2,1H3,(H,33,36)(H,34,35)(H,37,38). The Hall–Kier alpha value is -5.05. The number of aliphatic carboxylic acids is 1. The average molecular weight is 525 g/mol. The lowest BCUT2D eigenvalue weighted by atomic mass is 9.89. The largest absolute Gasteiger partial charge is 0.481 e. The number of carbonyl (C=O) groups is 2. The zero-order valence-corrected chi connectivity index (χ0v) is 21.0. The molecule has 1 amide bonds. The average Bonchev–Trinajstić information content (AvgIpc) is 3.31. The maximum absolute atomic E-state index is 13.4. The molecule has 0 fully saturated rings. The number of fused-ring (bicyclic) bond motifs is 1. The van der Waals surface area contributed by atoms with Gasteiger partial charge in [0.25, 0.3) is 6.01 Å². The van der Waals surface area contributed by atoms with Crippen LogP contribution in [0.2, 0.25) is 0 Å². The molecule has 1 atom stereocenters. The Balaban J connectivity index is 1.24. The Kier molecular flexibility index (Phi) is 7.31. The quantitative estimate of drug-likeness (QED) is 0.210. The van der Waals surface area contributed by atoms with Crippen molar-refractivity contribution < 1.29 is 23.5 Å². The fourth-order valence-electron chi connectivity index (χ4n) is 4.39. The number of anilines is 3. The first-order valence-corrected chi connectivity index (χ1v) is 12.3. The molecule has 1 unspecified atom stereocenters. The van der Waals surface area contributed by atoms with Gasteiger partial charge in [0, 0.05) is 29.7 Å². The molecule has 9 heteroatoms. The third-order valence-electron chi connectivity index (χ3n) is 6.31. The van der Waals surface area contributed by atoms with Gasteiger partial charge in [-0.15, -0.1) is 0 Å². The highest BCUT2D eigenvalue weighted by Gasteiger charge is 2.18. The highest BCUT2D eigenvalue weighted by atomic mass is 19.1. The Labute approximate surface area is 223 Å². The molecule has 8 nitrogen and oxygen atoms in total. The number of nitrogens with zero attached hydrogens (tertiary/aromatic N) is 2. The minimum absolute atomic E-state index is 0.0672. The number of aromatic nitrogens is 2. The van der Waals surface area contributed by atoms with E-state index in [4.69, 9.17) is 4.42 Å². The van der Waals surface area contributed by atoms with Gasteiger partial charge in [0.1, 0.15) is 11.3 Å². The molecule has 0 spiro atoms. The summed E-state index contributed by atoms with van der Waals surface area (Å²) in [4.78, 5) is 32.7. The van der Waals surface area contributed by atoms with Gasteiger partial charge in [-0.05, 0) is 77.7 Å². The zero-order chi connectivity index (χ0) is 27.4. The van der Waals surface area contributed by atoms with Gasteiger partial charge in [0.05, 0.1) is 12.8 Å². The molecule has 0 saturated heterocycles. The molecule has 0 aliphatic heterocycles. The second-order valence-electron chi connectivity index (χ2n) is 9.19. The van der Waals surface area contributed by atoms with Gasteiger partial charge in [-0.3, -0.25) is 14.6 Å². The van der Waals surface area contributed by atoms with Crippen LogP contribution in [0.1, 0.15) is 34.6 Å². The molecule has 3 aromatic carbocycles. The maximum Gasteiger partial charge on any atom is 0.304 e. The van der Waals surface area contributed by atoms with Crippen molar-refractivity contribution in [3.05, 3.63) is 113 Å². The van der Waals surface area contributed by atoms with Crippen LogP contribution < -0.4 is 10.6 Å². The number of halogens is 1. The van der Waals surface area contributed by atoms with E-state index in [9.17, 15) is 19.1 Å². The van der Waals surface area contributed by atoms with E-state index in [0.29, 0.717) is 22.5 Å². The third-order valence-corrected chi connectivity index (χ3v) is 6.31. The van der Waals surface area contributed by atoms with Gasteiger partial charge < -0.3 is 20.2 Å². The predicted molar refractivity (Wildman–Crippen MR) is 146 cm³/mol. The number of benzene rings is 3. The molecule has 2 aromatic heterocycles. The van der Waals surface area contributed by atoms with Crippen molar-refractivity contribution >= 4 is 40.4 Å². The van der Waals surface area contributed by atoms with Gasteiger partial charge in [-0.2, -0.15) is 4.98 Å².